The van der Waals surface area contributed by atoms with Crippen LogP contribution in [0.2, 0.25) is 0 Å². The van der Waals surface area contributed by atoms with Gasteiger partial charge in [0, 0.05) is 0 Å². The molecule has 0 spiro atoms. The molecule has 0 amide bonds. The Morgan fingerprint density at radius 2 is 1.89 bits per heavy atom. The zero-order valence-electron chi connectivity index (χ0n) is 10.1. The third-order valence-corrected chi connectivity index (χ3v) is 2.91. The van der Waals surface area contributed by atoms with E-state index in [9.17, 15) is 4.79 Å². The number of hydrogen-bond donors (Lipinski definition) is 1. The second-order valence-electron chi connectivity index (χ2n) is 4.21. The van der Waals surface area contributed by atoms with Gasteiger partial charge in [-0.25, -0.2) is 4.79 Å². The molecule has 1 fully saturated rings. The van der Waals surface area contributed by atoms with E-state index in [1.54, 1.807) is 24.3 Å². The van der Waals surface area contributed by atoms with E-state index in [1.165, 1.54) is 0 Å². The molecule has 0 aliphatic carbocycles. The fourth-order valence-electron chi connectivity index (χ4n) is 1.85. The topological polar surface area (TPSA) is 47.6 Å². The molecule has 1 aliphatic rings. The van der Waals surface area contributed by atoms with Gasteiger partial charge in [0.15, 0.2) is 0 Å². The molecule has 0 unspecified atom stereocenters. The van der Waals surface area contributed by atoms with Crippen molar-refractivity contribution in [1.29, 1.82) is 0 Å². The molecule has 100 valence electrons. The summed E-state index contributed by atoms with van der Waals surface area (Å²) in [6, 6.07) is 8.85. The first-order valence-electron chi connectivity index (χ1n) is 5.96. The van der Waals surface area contributed by atoms with E-state index in [1.807, 2.05) is 6.07 Å². The van der Waals surface area contributed by atoms with Crippen molar-refractivity contribution in [3.63, 3.8) is 0 Å². The van der Waals surface area contributed by atoms with E-state index < -0.39 is 5.97 Å². The molecular weight excluding hydrogens is 254 g/mol. The van der Waals surface area contributed by atoms with Crippen LogP contribution in [0.5, 0.6) is 0 Å². The minimum absolute atomic E-state index is 0. The van der Waals surface area contributed by atoms with E-state index in [0.29, 0.717) is 18.1 Å². The zero-order chi connectivity index (χ0) is 11.9. The van der Waals surface area contributed by atoms with Crippen molar-refractivity contribution >= 4 is 18.4 Å². The molecule has 18 heavy (non-hydrogen) atoms. The van der Waals surface area contributed by atoms with E-state index in [0.717, 1.165) is 25.9 Å². The predicted molar refractivity (Wildman–Crippen MR) is 70.7 cm³/mol. The number of piperidine rings is 1. The molecule has 0 radical (unpaired) electrons. The Morgan fingerprint density at radius 1 is 1.22 bits per heavy atom. The first-order valence-corrected chi connectivity index (χ1v) is 5.96. The maximum Gasteiger partial charge on any atom is 0.373 e. The van der Waals surface area contributed by atoms with Crippen LogP contribution in [-0.4, -0.2) is 25.7 Å². The summed E-state index contributed by atoms with van der Waals surface area (Å²) in [4.78, 5) is 21.3. The van der Waals surface area contributed by atoms with Crippen LogP contribution in [0, 0.1) is 5.92 Å². The molecular formula is C13H18ClNO3. The number of halogens is 1. The maximum absolute atomic E-state index is 11.5. The van der Waals surface area contributed by atoms with Crippen molar-refractivity contribution in [2.75, 3.05) is 19.7 Å². The van der Waals surface area contributed by atoms with Crippen molar-refractivity contribution < 1.29 is 14.6 Å². The molecule has 1 heterocycles. The van der Waals surface area contributed by atoms with Crippen LogP contribution in [-0.2, 0) is 9.78 Å². The summed E-state index contributed by atoms with van der Waals surface area (Å²) in [6.07, 6.45) is 2.14. The molecule has 0 atom stereocenters. The van der Waals surface area contributed by atoms with Gasteiger partial charge in [0.1, 0.15) is 0 Å². The Balaban J connectivity index is 0.00000162. The number of rotatable bonds is 4. The van der Waals surface area contributed by atoms with E-state index in [4.69, 9.17) is 9.78 Å². The van der Waals surface area contributed by atoms with Gasteiger partial charge in [-0.3, -0.25) is 4.89 Å². The number of carbonyl (C=O) groups excluding carboxylic acids is 1. The van der Waals surface area contributed by atoms with Crippen LogP contribution in [0.1, 0.15) is 23.2 Å². The molecule has 0 saturated carbocycles. The van der Waals surface area contributed by atoms with Crippen molar-refractivity contribution in [3.8, 4) is 0 Å². The minimum atomic E-state index is -0.431. The third kappa shape index (κ3) is 4.64. The van der Waals surface area contributed by atoms with Gasteiger partial charge in [-0.1, -0.05) is 18.2 Å². The highest BCUT2D eigenvalue weighted by Crippen LogP contribution is 2.12. The van der Waals surface area contributed by atoms with E-state index >= 15 is 0 Å². The standard InChI is InChI=1S/C13H17NO3.ClH/c15-13(12-4-2-1-3-5-12)17-16-10-11-6-8-14-9-7-11;/h1-5,11,14H,6-10H2;1H. The monoisotopic (exact) mass is 271 g/mol. The largest absolute Gasteiger partial charge is 0.373 e. The van der Waals surface area contributed by atoms with Gasteiger partial charge in [0.2, 0.25) is 0 Å². The lowest BCUT2D eigenvalue weighted by molar-refractivity contribution is -0.249. The van der Waals surface area contributed by atoms with Gasteiger partial charge in [-0.05, 0) is 44.0 Å². The third-order valence-electron chi connectivity index (χ3n) is 2.91. The molecule has 1 aromatic rings. The van der Waals surface area contributed by atoms with Crippen LogP contribution in [0.3, 0.4) is 0 Å². The number of hydrogen-bond acceptors (Lipinski definition) is 4. The smallest absolute Gasteiger partial charge is 0.317 e. The zero-order valence-corrected chi connectivity index (χ0v) is 10.9. The van der Waals surface area contributed by atoms with Gasteiger partial charge in [0.25, 0.3) is 0 Å². The Bertz CT molecular complexity index is 353. The maximum atomic E-state index is 11.5. The van der Waals surface area contributed by atoms with Crippen LogP contribution in [0.4, 0.5) is 0 Å². The summed E-state index contributed by atoms with van der Waals surface area (Å²) in [5.74, 6) is 0.0550. The fraction of sp³-hybridized carbons (Fsp3) is 0.462. The minimum Gasteiger partial charge on any atom is -0.317 e. The van der Waals surface area contributed by atoms with Crippen molar-refractivity contribution in [3.05, 3.63) is 35.9 Å². The van der Waals surface area contributed by atoms with Gasteiger partial charge < -0.3 is 5.32 Å². The lowest BCUT2D eigenvalue weighted by atomic mass is 10.00. The second-order valence-corrected chi connectivity index (χ2v) is 4.21. The van der Waals surface area contributed by atoms with Crippen molar-refractivity contribution in [2.24, 2.45) is 5.92 Å². The van der Waals surface area contributed by atoms with Crippen molar-refractivity contribution in [1.82, 2.24) is 5.32 Å². The normalized spacial score (nSPS) is 15.8. The first-order chi connectivity index (χ1) is 8.36. The predicted octanol–water partition coefficient (Wildman–Crippen LogP) is 2.20. The van der Waals surface area contributed by atoms with Gasteiger partial charge in [0.05, 0.1) is 12.2 Å². The number of carbonyl (C=O) groups is 1. The Morgan fingerprint density at radius 3 is 2.56 bits per heavy atom. The molecule has 1 aliphatic heterocycles. The van der Waals surface area contributed by atoms with Gasteiger partial charge >= 0.3 is 5.97 Å². The Kier molecular flexibility index (Phi) is 6.72. The summed E-state index contributed by atoms with van der Waals surface area (Å²) >= 11 is 0. The number of benzene rings is 1. The molecule has 1 aromatic carbocycles. The molecule has 2 rings (SSSR count). The summed E-state index contributed by atoms with van der Waals surface area (Å²) in [6.45, 7) is 2.52. The fourth-order valence-corrected chi connectivity index (χ4v) is 1.85. The number of nitrogens with one attached hydrogen (secondary N) is 1. The first kappa shape index (κ1) is 15.0. The lowest BCUT2D eigenvalue weighted by Crippen LogP contribution is -2.30. The molecule has 4 nitrogen and oxygen atoms in total. The highest BCUT2D eigenvalue weighted by Gasteiger charge is 2.15. The van der Waals surface area contributed by atoms with Crippen molar-refractivity contribution in [2.45, 2.75) is 12.8 Å². The quantitative estimate of drug-likeness (QED) is 0.674. The molecule has 1 N–H and O–H groups in total. The van der Waals surface area contributed by atoms with Crippen LogP contribution in [0.15, 0.2) is 30.3 Å². The average molecular weight is 272 g/mol. The molecule has 0 bridgehead atoms. The van der Waals surface area contributed by atoms with E-state index in [-0.39, 0.29) is 12.4 Å². The Hall–Kier alpha value is -1.10. The molecule has 5 heteroatoms. The Labute approximate surface area is 113 Å². The summed E-state index contributed by atoms with van der Waals surface area (Å²) in [7, 11) is 0. The van der Waals surface area contributed by atoms with Gasteiger partial charge in [-0.15, -0.1) is 12.4 Å². The SMILES string of the molecule is Cl.O=C(OOCC1CCNCC1)c1ccccc1. The molecule has 0 aromatic heterocycles. The van der Waals surface area contributed by atoms with Crippen LogP contribution < -0.4 is 5.32 Å². The summed E-state index contributed by atoms with van der Waals surface area (Å²) < 4.78 is 0. The van der Waals surface area contributed by atoms with Crippen LogP contribution in [0.25, 0.3) is 0 Å². The second kappa shape index (κ2) is 8.08. The average Bonchev–Trinajstić information content (AvgIpc) is 2.41. The van der Waals surface area contributed by atoms with Crippen LogP contribution >= 0.6 is 12.4 Å². The van der Waals surface area contributed by atoms with E-state index in [2.05, 4.69) is 5.32 Å². The lowest BCUT2D eigenvalue weighted by Gasteiger charge is -2.21. The molecule has 1 saturated heterocycles. The summed E-state index contributed by atoms with van der Waals surface area (Å²) in [5, 5.41) is 3.28. The van der Waals surface area contributed by atoms with Gasteiger partial charge in [-0.2, -0.15) is 4.89 Å². The summed E-state index contributed by atoms with van der Waals surface area (Å²) in [5.41, 5.74) is 0.512. The highest BCUT2D eigenvalue weighted by molar-refractivity contribution is 5.88. The highest BCUT2D eigenvalue weighted by atomic mass is 35.5.